The van der Waals surface area contributed by atoms with Crippen LogP contribution in [-0.4, -0.2) is 34.5 Å². The van der Waals surface area contributed by atoms with Crippen LogP contribution in [0.1, 0.15) is 25.6 Å². The molecule has 0 bridgehead atoms. The molecule has 0 aliphatic heterocycles. The van der Waals surface area contributed by atoms with E-state index in [1.54, 1.807) is 25.3 Å². The number of imidazole rings is 1. The first-order valence-electron chi connectivity index (χ1n) is 4.79. The van der Waals surface area contributed by atoms with Crippen LogP contribution >= 0.6 is 0 Å². The number of hydrogen-bond donors (Lipinski definition) is 0. The maximum absolute atomic E-state index is 11.6. The molecule has 0 aliphatic carbocycles. The van der Waals surface area contributed by atoms with E-state index >= 15 is 0 Å². The maximum Gasteiger partial charge on any atom is 0.244 e. The number of carbonyl (C=O) groups excluding carboxylic acids is 1. The second-order valence-corrected chi connectivity index (χ2v) is 3.57. The molecule has 0 fully saturated rings. The highest BCUT2D eigenvalue weighted by molar-refractivity contribution is 5.79. The van der Waals surface area contributed by atoms with Gasteiger partial charge in [0.1, 0.15) is 6.04 Å². The lowest BCUT2D eigenvalue weighted by molar-refractivity contribution is -0.131. The molecule has 0 aliphatic rings. The number of amides is 1. The van der Waals surface area contributed by atoms with Crippen LogP contribution in [0.15, 0.2) is 12.5 Å². The van der Waals surface area contributed by atoms with Crippen molar-refractivity contribution in [1.29, 1.82) is 0 Å². The largest absolute Gasteiger partial charge is 0.347 e. The Morgan fingerprint density at radius 3 is 2.71 bits per heavy atom. The number of aryl methyl sites for hydroxylation is 1. The Labute approximate surface area is 84.5 Å². The number of rotatable bonds is 3. The first-order valence-corrected chi connectivity index (χ1v) is 4.79. The van der Waals surface area contributed by atoms with Crippen LogP contribution < -0.4 is 0 Å². The lowest BCUT2D eigenvalue weighted by Gasteiger charge is -2.17. The monoisotopic (exact) mass is 195 g/mol. The molecule has 1 amide bonds. The van der Waals surface area contributed by atoms with Crippen LogP contribution in [0.3, 0.4) is 0 Å². The smallest absolute Gasteiger partial charge is 0.244 e. The molecule has 4 nitrogen and oxygen atoms in total. The quantitative estimate of drug-likeness (QED) is 0.724. The summed E-state index contributed by atoms with van der Waals surface area (Å²) in [4.78, 5) is 17.4. The zero-order chi connectivity index (χ0) is 10.7. The second kappa shape index (κ2) is 4.26. The lowest BCUT2D eigenvalue weighted by Crippen LogP contribution is -2.29. The van der Waals surface area contributed by atoms with E-state index < -0.39 is 0 Å². The van der Waals surface area contributed by atoms with Crippen molar-refractivity contribution in [3.8, 4) is 0 Å². The van der Waals surface area contributed by atoms with E-state index in [4.69, 9.17) is 0 Å². The minimum atomic E-state index is -0.169. The molecule has 1 atom stereocenters. The first-order chi connectivity index (χ1) is 6.56. The van der Waals surface area contributed by atoms with Gasteiger partial charge in [-0.25, -0.2) is 4.98 Å². The van der Waals surface area contributed by atoms with Gasteiger partial charge in [0.05, 0.1) is 12.0 Å². The first kappa shape index (κ1) is 10.8. The Hall–Kier alpha value is -1.32. The molecule has 0 radical (unpaired) electrons. The van der Waals surface area contributed by atoms with Crippen molar-refractivity contribution in [2.24, 2.45) is 0 Å². The molecule has 78 valence electrons. The number of hydrogen-bond acceptors (Lipinski definition) is 2. The normalized spacial score (nSPS) is 12.6. The summed E-state index contributed by atoms with van der Waals surface area (Å²) in [6, 6.07) is -0.169. The van der Waals surface area contributed by atoms with E-state index in [2.05, 4.69) is 4.98 Å². The topological polar surface area (TPSA) is 38.1 Å². The fourth-order valence-corrected chi connectivity index (χ4v) is 1.28. The molecular formula is C10H17N3O. The molecule has 0 saturated heterocycles. The van der Waals surface area contributed by atoms with Crippen LogP contribution in [0.2, 0.25) is 0 Å². The van der Waals surface area contributed by atoms with Gasteiger partial charge in [-0.15, -0.1) is 0 Å². The third kappa shape index (κ3) is 2.13. The summed E-state index contributed by atoms with van der Waals surface area (Å²) < 4.78 is 1.85. The summed E-state index contributed by atoms with van der Waals surface area (Å²) >= 11 is 0. The third-order valence-electron chi connectivity index (χ3n) is 2.26. The summed E-state index contributed by atoms with van der Waals surface area (Å²) in [5.74, 6) is 0.0880. The van der Waals surface area contributed by atoms with Gasteiger partial charge in [0, 0.05) is 20.3 Å². The van der Waals surface area contributed by atoms with Crippen molar-refractivity contribution >= 4 is 5.91 Å². The van der Waals surface area contributed by atoms with E-state index in [0.717, 1.165) is 12.1 Å². The molecule has 1 rings (SSSR count). The SMILES string of the molecule is CCc1cn(C(C)C(=O)N(C)C)cn1. The lowest BCUT2D eigenvalue weighted by atomic mass is 10.3. The van der Waals surface area contributed by atoms with Crippen molar-refractivity contribution in [1.82, 2.24) is 14.5 Å². The Morgan fingerprint density at radius 2 is 2.29 bits per heavy atom. The molecule has 0 aromatic carbocycles. The highest BCUT2D eigenvalue weighted by Gasteiger charge is 2.16. The summed E-state index contributed by atoms with van der Waals surface area (Å²) in [6.07, 6.45) is 4.53. The van der Waals surface area contributed by atoms with Gasteiger partial charge < -0.3 is 9.47 Å². The van der Waals surface area contributed by atoms with Crippen molar-refractivity contribution in [2.75, 3.05) is 14.1 Å². The zero-order valence-electron chi connectivity index (χ0n) is 9.19. The standard InChI is InChI=1S/C10H17N3O/c1-5-9-6-13(7-11-9)8(2)10(14)12(3)4/h6-8H,5H2,1-4H3. The molecule has 1 aromatic rings. The van der Waals surface area contributed by atoms with Gasteiger partial charge in [0.15, 0.2) is 0 Å². The van der Waals surface area contributed by atoms with Gasteiger partial charge >= 0.3 is 0 Å². The van der Waals surface area contributed by atoms with Gasteiger partial charge in [0.2, 0.25) is 5.91 Å². The van der Waals surface area contributed by atoms with Gasteiger partial charge in [-0.3, -0.25) is 4.79 Å². The molecule has 0 spiro atoms. The predicted octanol–water partition coefficient (Wildman–Crippen LogP) is 1.09. The van der Waals surface area contributed by atoms with E-state index in [-0.39, 0.29) is 11.9 Å². The molecule has 1 heterocycles. The molecule has 4 heteroatoms. The van der Waals surface area contributed by atoms with Crippen molar-refractivity contribution < 1.29 is 4.79 Å². The van der Waals surface area contributed by atoms with Gasteiger partial charge in [-0.05, 0) is 13.3 Å². The number of aromatic nitrogens is 2. The molecule has 0 saturated carbocycles. The van der Waals surface area contributed by atoms with E-state index in [9.17, 15) is 4.79 Å². The van der Waals surface area contributed by atoms with Crippen LogP contribution in [0.25, 0.3) is 0 Å². The molecular weight excluding hydrogens is 178 g/mol. The van der Waals surface area contributed by atoms with Crippen molar-refractivity contribution in [2.45, 2.75) is 26.3 Å². The maximum atomic E-state index is 11.6. The van der Waals surface area contributed by atoms with Gasteiger partial charge in [-0.2, -0.15) is 0 Å². The highest BCUT2D eigenvalue weighted by atomic mass is 16.2. The highest BCUT2D eigenvalue weighted by Crippen LogP contribution is 2.09. The van der Waals surface area contributed by atoms with Gasteiger partial charge in [0.25, 0.3) is 0 Å². The van der Waals surface area contributed by atoms with Crippen LogP contribution in [0.5, 0.6) is 0 Å². The number of likely N-dealkylation sites (N-methyl/N-ethyl adjacent to an activating group) is 1. The zero-order valence-corrected chi connectivity index (χ0v) is 9.19. The summed E-state index contributed by atoms with van der Waals surface area (Å²) in [6.45, 7) is 3.93. The Bertz CT molecular complexity index is 317. The Morgan fingerprint density at radius 1 is 1.64 bits per heavy atom. The molecule has 0 N–H and O–H groups in total. The third-order valence-corrected chi connectivity index (χ3v) is 2.26. The Balaban J connectivity index is 2.78. The predicted molar refractivity (Wildman–Crippen MR) is 55.0 cm³/mol. The average Bonchev–Trinajstić information content (AvgIpc) is 2.63. The number of nitrogens with zero attached hydrogens (tertiary/aromatic N) is 3. The summed E-state index contributed by atoms with van der Waals surface area (Å²) in [5, 5.41) is 0. The van der Waals surface area contributed by atoms with E-state index in [1.807, 2.05) is 24.6 Å². The molecule has 14 heavy (non-hydrogen) atoms. The van der Waals surface area contributed by atoms with Gasteiger partial charge in [-0.1, -0.05) is 6.92 Å². The van der Waals surface area contributed by atoms with Crippen molar-refractivity contribution in [3.63, 3.8) is 0 Å². The fraction of sp³-hybridized carbons (Fsp3) is 0.600. The molecule has 1 unspecified atom stereocenters. The van der Waals surface area contributed by atoms with Crippen LogP contribution in [-0.2, 0) is 11.2 Å². The van der Waals surface area contributed by atoms with E-state index in [1.165, 1.54) is 0 Å². The average molecular weight is 195 g/mol. The van der Waals surface area contributed by atoms with E-state index in [0.29, 0.717) is 0 Å². The Kier molecular flexibility index (Phi) is 3.28. The molecule has 1 aromatic heterocycles. The summed E-state index contributed by atoms with van der Waals surface area (Å²) in [7, 11) is 3.52. The second-order valence-electron chi connectivity index (χ2n) is 3.57. The van der Waals surface area contributed by atoms with Crippen LogP contribution in [0, 0.1) is 0 Å². The van der Waals surface area contributed by atoms with Crippen LogP contribution in [0.4, 0.5) is 0 Å². The summed E-state index contributed by atoms with van der Waals surface area (Å²) in [5.41, 5.74) is 1.02. The fourth-order valence-electron chi connectivity index (χ4n) is 1.28. The minimum Gasteiger partial charge on any atom is -0.347 e. The minimum absolute atomic E-state index is 0.0880. The van der Waals surface area contributed by atoms with Crippen molar-refractivity contribution in [3.05, 3.63) is 18.2 Å². The number of carbonyl (C=O) groups is 1.